The highest BCUT2D eigenvalue weighted by Gasteiger charge is 2.16. The molecular weight excluding hydrogens is 400 g/mol. The lowest BCUT2D eigenvalue weighted by Crippen LogP contribution is -2.20. The van der Waals surface area contributed by atoms with Gasteiger partial charge in [-0.1, -0.05) is 25.1 Å². The molecule has 0 saturated carbocycles. The van der Waals surface area contributed by atoms with Crippen LogP contribution in [0, 0.1) is 6.92 Å². The van der Waals surface area contributed by atoms with E-state index in [0.717, 1.165) is 52.5 Å². The Labute approximate surface area is 186 Å². The number of aryl methyl sites for hydroxylation is 1. The Bertz CT molecular complexity index is 1290. The normalized spacial score (nSPS) is 14.1. The Morgan fingerprint density at radius 3 is 2.81 bits per heavy atom. The average molecular weight is 425 g/mol. The van der Waals surface area contributed by atoms with Crippen LogP contribution in [0.2, 0.25) is 0 Å². The SMILES string of the molecule is Cc1nc(NCC(C)c2cccc3c(C4=NCCN4)ccnc23)cc(-c2cncnc2)n1. The maximum atomic E-state index is 4.71. The number of aromatic nitrogens is 5. The van der Waals surface area contributed by atoms with Gasteiger partial charge in [-0.05, 0) is 18.6 Å². The number of benzene rings is 1. The lowest BCUT2D eigenvalue weighted by atomic mass is 9.96. The number of para-hydroxylation sites is 1. The summed E-state index contributed by atoms with van der Waals surface area (Å²) in [6, 6.07) is 10.3. The Morgan fingerprint density at radius 2 is 2.00 bits per heavy atom. The fraction of sp³-hybridized carbons (Fsp3) is 0.250. The minimum absolute atomic E-state index is 0.221. The Morgan fingerprint density at radius 1 is 1.12 bits per heavy atom. The third-order valence-corrected chi connectivity index (χ3v) is 5.55. The van der Waals surface area contributed by atoms with Crippen LogP contribution >= 0.6 is 0 Å². The summed E-state index contributed by atoms with van der Waals surface area (Å²) in [7, 11) is 0. The summed E-state index contributed by atoms with van der Waals surface area (Å²) < 4.78 is 0. The summed E-state index contributed by atoms with van der Waals surface area (Å²) in [5.74, 6) is 2.65. The minimum atomic E-state index is 0.221. The third kappa shape index (κ3) is 3.99. The van der Waals surface area contributed by atoms with Crippen LogP contribution in [-0.2, 0) is 0 Å². The first-order valence-electron chi connectivity index (χ1n) is 10.7. The van der Waals surface area contributed by atoms with Crippen molar-refractivity contribution in [2.75, 3.05) is 25.0 Å². The highest BCUT2D eigenvalue weighted by atomic mass is 15.1. The molecule has 8 nitrogen and oxygen atoms in total. The van der Waals surface area contributed by atoms with Crippen molar-refractivity contribution in [1.82, 2.24) is 30.2 Å². The summed E-state index contributed by atoms with van der Waals surface area (Å²) in [5, 5.41) is 7.96. The Hall–Kier alpha value is -3.94. The van der Waals surface area contributed by atoms with Gasteiger partial charge in [0.05, 0.1) is 17.8 Å². The fourth-order valence-corrected chi connectivity index (χ4v) is 3.99. The first kappa shape index (κ1) is 20.0. The standard InChI is InChI=1S/C24H24N8/c1-15(11-30-22-10-21(31-16(2)32-22)17-12-25-14-26-13-17)18-4-3-5-19-20(6-7-27-23(18)19)24-28-8-9-29-24/h3-7,10,12-15H,8-9,11H2,1-2H3,(H,28,29)(H,30,31,32). The molecule has 0 amide bonds. The van der Waals surface area contributed by atoms with Crippen LogP contribution in [-0.4, -0.2) is 50.4 Å². The zero-order chi connectivity index (χ0) is 21.9. The lowest BCUT2D eigenvalue weighted by Gasteiger charge is -2.17. The molecule has 3 aromatic heterocycles. The largest absolute Gasteiger partial charge is 0.369 e. The molecule has 1 aliphatic rings. The number of hydrogen-bond acceptors (Lipinski definition) is 8. The van der Waals surface area contributed by atoms with Crippen LogP contribution in [0.15, 0.2) is 60.2 Å². The zero-order valence-corrected chi connectivity index (χ0v) is 18.1. The van der Waals surface area contributed by atoms with Crippen molar-refractivity contribution in [3.05, 3.63) is 72.2 Å². The van der Waals surface area contributed by atoms with E-state index in [1.807, 2.05) is 25.3 Å². The number of nitrogens with one attached hydrogen (secondary N) is 2. The van der Waals surface area contributed by atoms with E-state index in [0.29, 0.717) is 12.4 Å². The van der Waals surface area contributed by atoms with E-state index < -0.39 is 0 Å². The average Bonchev–Trinajstić information content (AvgIpc) is 3.37. The van der Waals surface area contributed by atoms with Crippen LogP contribution in [0.3, 0.4) is 0 Å². The smallest absolute Gasteiger partial charge is 0.130 e. The molecule has 0 spiro atoms. The molecule has 1 atom stereocenters. The van der Waals surface area contributed by atoms with Crippen molar-refractivity contribution in [3.8, 4) is 11.3 Å². The van der Waals surface area contributed by atoms with Gasteiger partial charge in [-0.3, -0.25) is 9.98 Å². The van der Waals surface area contributed by atoms with Crippen molar-refractivity contribution in [2.45, 2.75) is 19.8 Å². The number of fused-ring (bicyclic) bond motifs is 1. The molecule has 1 aliphatic heterocycles. The number of hydrogen-bond donors (Lipinski definition) is 2. The van der Waals surface area contributed by atoms with E-state index >= 15 is 0 Å². The van der Waals surface area contributed by atoms with E-state index in [1.165, 1.54) is 11.9 Å². The van der Waals surface area contributed by atoms with Crippen LogP contribution in [0.25, 0.3) is 22.2 Å². The van der Waals surface area contributed by atoms with E-state index in [2.05, 4.69) is 60.7 Å². The molecule has 2 N–H and O–H groups in total. The number of pyridine rings is 1. The molecule has 0 aliphatic carbocycles. The van der Waals surface area contributed by atoms with E-state index in [9.17, 15) is 0 Å². The highest BCUT2D eigenvalue weighted by molar-refractivity contribution is 6.10. The zero-order valence-electron chi connectivity index (χ0n) is 18.1. The molecule has 1 unspecified atom stereocenters. The van der Waals surface area contributed by atoms with Crippen LogP contribution in [0.5, 0.6) is 0 Å². The number of nitrogens with zero attached hydrogens (tertiary/aromatic N) is 6. The Kier molecular flexibility index (Phi) is 5.41. The molecule has 32 heavy (non-hydrogen) atoms. The maximum Gasteiger partial charge on any atom is 0.130 e. The highest BCUT2D eigenvalue weighted by Crippen LogP contribution is 2.27. The molecular formula is C24H24N8. The second-order valence-corrected chi connectivity index (χ2v) is 7.85. The fourth-order valence-electron chi connectivity index (χ4n) is 3.99. The minimum Gasteiger partial charge on any atom is -0.369 e. The van der Waals surface area contributed by atoms with E-state index in [-0.39, 0.29) is 5.92 Å². The van der Waals surface area contributed by atoms with E-state index in [4.69, 9.17) is 4.98 Å². The molecule has 8 heteroatoms. The number of anilines is 1. The Balaban J connectivity index is 1.40. The van der Waals surface area contributed by atoms with Gasteiger partial charge < -0.3 is 10.6 Å². The number of rotatable bonds is 6. The molecule has 0 bridgehead atoms. The van der Waals surface area contributed by atoms with Crippen molar-refractivity contribution in [2.24, 2.45) is 4.99 Å². The third-order valence-electron chi connectivity index (χ3n) is 5.55. The summed E-state index contributed by atoms with van der Waals surface area (Å²) in [5.41, 5.74) is 4.98. The molecule has 4 heterocycles. The second kappa shape index (κ2) is 8.66. The van der Waals surface area contributed by atoms with Gasteiger partial charge in [-0.2, -0.15) is 0 Å². The number of aliphatic imine (C=N–C) groups is 1. The molecule has 5 rings (SSSR count). The van der Waals surface area contributed by atoms with Gasteiger partial charge in [0.2, 0.25) is 0 Å². The molecule has 1 aromatic carbocycles. The summed E-state index contributed by atoms with van der Waals surface area (Å²) in [6.45, 7) is 6.49. The first-order valence-corrected chi connectivity index (χ1v) is 10.7. The van der Waals surface area contributed by atoms with Gasteiger partial charge in [0, 0.05) is 60.2 Å². The molecule has 160 valence electrons. The summed E-state index contributed by atoms with van der Waals surface area (Å²) in [6.07, 6.45) is 6.89. The first-order chi connectivity index (χ1) is 15.7. The van der Waals surface area contributed by atoms with Gasteiger partial charge in [0.1, 0.15) is 23.8 Å². The monoisotopic (exact) mass is 424 g/mol. The molecule has 0 saturated heterocycles. The topological polar surface area (TPSA) is 101 Å². The van der Waals surface area contributed by atoms with Crippen molar-refractivity contribution in [1.29, 1.82) is 0 Å². The lowest BCUT2D eigenvalue weighted by molar-refractivity contribution is 0.804. The quantitative estimate of drug-likeness (QED) is 0.489. The van der Waals surface area contributed by atoms with Crippen LogP contribution in [0.1, 0.15) is 29.8 Å². The van der Waals surface area contributed by atoms with Crippen LogP contribution < -0.4 is 10.6 Å². The molecule has 4 aromatic rings. The van der Waals surface area contributed by atoms with Gasteiger partial charge in [0.25, 0.3) is 0 Å². The van der Waals surface area contributed by atoms with Gasteiger partial charge in [0.15, 0.2) is 0 Å². The second-order valence-electron chi connectivity index (χ2n) is 7.85. The molecule has 0 radical (unpaired) electrons. The van der Waals surface area contributed by atoms with Gasteiger partial charge >= 0.3 is 0 Å². The van der Waals surface area contributed by atoms with Gasteiger partial charge in [-0.25, -0.2) is 19.9 Å². The van der Waals surface area contributed by atoms with Crippen LogP contribution in [0.4, 0.5) is 5.82 Å². The summed E-state index contributed by atoms with van der Waals surface area (Å²) >= 11 is 0. The van der Waals surface area contributed by atoms with Gasteiger partial charge in [-0.15, -0.1) is 0 Å². The van der Waals surface area contributed by atoms with Crippen molar-refractivity contribution >= 4 is 22.6 Å². The summed E-state index contributed by atoms with van der Waals surface area (Å²) in [4.78, 5) is 26.5. The van der Waals surface area contributed by atoms with E-state index in [1.54, 1.807) is 12.4 Å². The van der Waals surface area contributed by atoms with Crippen molar-refractivity contribution < 1.29 is 0 Å². The number of amidine groups is 1. The predicted molar refractivity (Wildman–Crippen MR) is 126 cm³/mol. The predicted octanol–water partition coefficient (Wildman–Crippen LogP) is 3.36. The van der Waals surface area contributed by atoms with Crippen molar-refractivity contribution in [3.63, 3.8) is 0 Å². The molecule has 0 fully saturated rings. The maximum absolute atomic E-state index is 4.71.